The van der Waals surface area contributed by atoms with E-state index in [-0.39, 0.29) is 6.42 Å². The van der Waals surface area contributed by atoms with Gasteiger partial charge in [0.05, 0.1) is 29.7 Å². The molecule has 6 nitrogen and oxygen atoms in total. The van der Waals surface area contributed by atoms with Crippen LogP contribution in [-0.2, 0) is 30.6 Å². The Morgan fingerprint density at radius 1 is 1.10 bits per heavy atom. The van der Waals surface area contributed by atoms with Gasteiger partial charge in [0.2, 0.25) is 0 Å². The van der Waals surface area contributed by atoms with Crippen molar-refractivity contribution in [3.63, 3.8) is 0 Å². The minimum absolute atomic E-state index is 0.0246. The molecule has 2 aromatic carbocycles. The van der Waals surface area contributed by atoms with Crippen molar-refractivity contribution in [3.8, 4) is 11.4 Å². The molecule has 0 aliphatic rings. The van der Waals surface area contributed by atoms with E-state index in [1.807, 2.05) is 30.7 Å². The molecule has 0 atom stereocenters. The fourth-order valence-electron chi connectivity index (χ4n) is 4.01. The zero-order valence-corrected chi connectivity index (χ0v) is 17.6. The van der Waals surface area contributed by atoms with Crippen LogP contribution >= 0.6 is 0 Å². The molecule has 2 aromatic heterocycles. The molecule has 4 rings (SSSR count). The summed E-state index contributed by atoms with van der Waals surface area (Å²) in [6.45, 7) is 6.75. The van der Waals surface area contributed by atoms with Crippen LogP contribution < -0.4 is 0 Å². The molecular formula is C24H26N4O2. The molecule has 6 heteroatoms. The average Bonchev–Trinajstić information content (AvgIpc) is 3.30. The van der Waals surface area contributed by atoms with Crippen molar-refractivity contribution in [1.82, 2.24) is 19.7 Å². The minimum Gasteiger partial charge on any atom is -0.481 e. The molecular weight excluding hydrogens is 376 g/mol. The van der Waals surface area contributed by atoms with E-state index < -0.39 is 5.97 Å². The second-order valence-corrected chi connectivity index (χ2v) is 7.56. The number of carbonyl (C=O) groups is 1. The molecule has 0 aliphatic heterocycles. The maximum atomic E-state index is 11.3. The third kappa shape index (κ3) is 3.73. The predicted octanol–water partition coefficient (Wildman–Crippen LogP) is 4.54. The van der Waals surface area contributed by atoms with Gasteiger partial charge in [-0.2, -0.15) is 5.10 Å². The van der Waals surface area contributed by atoms with Gasteiger partial charge in [-0.1, -0.05) is 50.2 Å². The Morgan fingerprint density at radius 2 is 1.87 bits per heavy atom. The fraction of sp³-hybridized carbons (Fsp3) is 0.292. The Bertz CT molecular complexity index is 1200. The summed E-state index contributed by atoms with van der Waals surface area (Å²) < 4.78 is 1.96. The molecule has 2 heterocycles. The normalized spacial score (nSPS) is 11.3. The highest BCUT2D eigenvalue weighted by molar-refractivity contribution is 5.82. The number of hydrogen-bond acceptors (Lipinski definition) is 3. The number of aliphatic carboxylic acids is 1. The lowest BCUT2D eigenvalue weighted by molar-refractivity contribution is -0.136. The largest absolute Gasteiger partial charge is 0.481 e. The SMILES string of the molecule is CCc1nn(Cc2ccc(-c3nc4c(C)cccc4[nH]3)cc2)c(CC)c1CC(=O)O. The average molecular weight is 402 g/mol. The fourth-order valence-corrected chi connectivity index (χ4v) is 4.01. The first-order valence-corrected chi connectivity index (χ1v) is 10.3. The predicted molar refractivity (Wildman–Crippen MR) is 118 cm³/mol. The van der Waals surface area contributed by atoms with E-state index in [4.69, 9.17) is 10.1 Å². The summed E-state index contributed by atoms with van der Waals surface area (Å²) in [5.41, 5.74) is 8.09. The number of aromatic amines is 1. The maximum absolute atomic E-state index is 11.3. The number of imidazole rings is 1. The number of rotatable bonds is 7. The smallest absolute Gasteiger partial charge is 0.307 e. The first kappa shape index (κ1) is 19.9. The minimum atomic E-state index is -0.815. The van der Waals surface area contributed by atoms with Gasteiger partial charge < -0.3 is 10.1 Å². The third-order valence-corrected chi connectivity index (χ3v) is 5.52. The number of aryl methyl sites for hydroxylation is 2. The number of carboxylic acid groups (broad SMARTS) is 1. The van der Waals surface area contributed by atoms with Gasteiger partial charge in [-0.25, -0.2) is 4.98 Å². The number of benzene rings is 2. The topological polar surface area (TPSA) is 83.8 Å². The van der Waals surface area contributed by atoms with Crippen LogP contribution in [0.4, 0.5) is 0 Å². The van der Waals surface area contributed by atoms with Crippen molar-refractivity contribution in [1.29, 1.82) is 0 Å². The lowest BCUT2D eigenvalue weighted by Gasteiger charge is -2.08. The van der Waals surface area contributed by atoms with Crippen molar-refractivity contribution in [2.75, 3.05) is 0 Å². The first-order chi connectivity index (χ1) is 14.5. The standard InChI is InChI=1S/C24H26N4O2/c1-4-19-18(13-22(29)30)21(5-2)28(27-19)14-16-9-11-17(12-10-16)24-25-20-8-6-7-15(3)23(20)26-24/h6-12H,4-5,13-14H2,1-3H3,(H,25,26)(H,29,30). The number of fused-ring (bicyclic) bond motifs is 1. The Kier molecular flexibility index (Phi) is 5.40. The van der Waals surface area contributed by atoms with Crippen LogP contribution in [0.25, 0.3) is 22.4 Å². The van der Waals surface area contributed by atoms with Crippen LogP contribution in [0.1, 0.15) is 41.9 Å². The lowest BCUT2D eigenvalue weighted by Crippen LogP contribution is -2.08. The van der Waals surface area contributed by atoms with Gasteiger partial charge in [0.15, 0.2) is 0 Å². The molecule has 0 radical (unpaired) electrons. The van der Waals surface area contributed by atoms with Crippen LogP contribution in [0, 0.1) is 6.92 Å². The Labute approximate surface area is 175 Å². The highest BCUT2D eigenvalue weighted by Crippen LogP contribution is 2.24. The van der Waals surface area contributed by atoms with Gasteiger partial charge in [-0.3, -0.25) is 9.48 Å². The Hall–Kier alpha value is -3.41. The molecule has 0 fully saturated rings. The van der Waals surface area contributed by atoms with Crippen LogP contribution in [-0.4, -0.2) is 30.8 Å². The Morgan fingerprint density at radius 3 is 2.50 bits per heavy atom. The number of para-hydroxylation sites is 1. The molecule has 4 aromatic rings. The van der Waals surface area contributed by atoms with Gasteiger partial charge >= 0.3 is 5.97 Å². The third-order valence-electron chi connectivity index (χ3n) is 5.52. The van der Waals surface area contributed by atoms with Crippen LogP contribution in [0.15, 0.2) is 42.5 Å². The molecule has 0 saturated carbocycles. The van der Waals surface area contributed by atoms with Gasteiger partial charge in [0.1, 0.15) is 5.82 Å². The summed E-state index contributed by atoms with van der Waals surface area (Å²) in [5, 5.41) is 14.0. The highest BCUT2D eigenvalue weighted by atomic mass is 16.4. The van der Waals surface area contributed by atoms with E-state index in [9.17, 15) is 9.90 Å². The molecule has 0 bridgehead atoms. The number of aromatic nitrogens is 4. The summed E-state index contributed by atoms with van der Waals surface area (Å²) in [5.74, 6) is 0.0422. The van der Waals surface area contributed by atoms with Crippen molar-refractivity contribution in [3.05, 3.63) is 70.5 Å². The zero-order chi connectivity index (χ0) is 21.3. The van der Waals surface area contributed by atoms with E-state index in [0.29, 0.717) is 6.54 Å². The molecule has 0 saturated heterocycles. The second-order valence-electron chi connectivity index (χ2n) is 7.56. The lowest BCUT2D eigenvalue weighted by atomic mass is 10.1. The van der Waals surface area contributed by atoms with Crippen LogP contribution in [0.5, 0.6) is 0 Å². The van der Waals surface area contributed by atoms with Crippen molar-refractivity contribution >= 4 is 17.0 Å². The van der Waals surface area contributed by atoms with E-state index in [0.717, 1.165) is 63.3 Å². The number of carboxylic acids is 1. The highest BCUT2D eigenvalue weighted by Gasteiger charge is 2.18. The molecule has 0 unspecified atom stereocenters. The molecule has 30 heavy (non-hydrogen) atoms. The van der Waals surface area contributed by atoms with Crippen LogP contribution in [0.3, 0.4) is 0 Å². The number of hydrogen-bond donors (Lipinski definition) is 2. The van der Waals surface area contributed by atoms with E-state index in [1.165, 1.54) is 0 Å². The molecule has 2 N–H and O–H groups in total. The molecule has 0 aliphatic carbocycles. The maximum Gasteiger partial charge on any atom is 0.307 e. The summed E-state index contributed by atoms with van der Waals surface area (Å²) in [4.78, 5) is 19.4. The van der Waals surface area contributed by atoms with E-state index >= 15 is 0 Å². The zero-order valence-electron chi connectivity index (χ0n) is 17.6. The quantitative estimate of drug-likeness (QED) is 0.475. The van der Waals surface area contributed by atoms with Crippen molar-refractivity contribution < 1.29 is 9.90 Å². The summed E-state index contributed by atoms with van der Waals surface area (Å²) in [6, 6.07) is 14.4. The monoisotopic (exact) mass is 402 g/mol. The van der Waals surface area contributed by atoms with E-state index in [2.05, 4.69) is 42.2 Å². The number of H-pyrrole nitrogens is 1. The van der Waals surface area contributed by atoms with Crippen molar-refractivity contribution in [2.24, 2.45) is 0 Å². The molecule has 0 amide bonds. The van der Waals surface area contributed by atoms with Gasteiger partial charge in [0.25, 0.3) is 0 Å². The van der Waals surface area contributed by atoms with Gasteiger partial charge in [-0.15, -0.1) is 0 Å². The van der Waals surface area contributed by atoms with Crippen LogP contribution in [0.2, 0.25) is 0 Å². The van der Waals surface area contributed by atoms with E-state index in [1.54, 1.807) is 0 Å². The Balaban J connectivity index is 1.61. The number of nitrogens with zero attached hydrogens (tertiary/aromatic N) is 3. The van der Waals surface area contributed by atoms with Gasteiger partial charge in [0, 0.05) is 16.8 Å². The molecule has 0 spiro atoms. The van der Waals surface area contributed by atoms with Crippen molar-refractivity contribution in [2.45, 2.75) is 46.6 Å². The first-order valence-electron chi connectivity index (χ1n) is 10.3. The molecule has 154 valence electrons. The second kappa shape index (κ2) is 8.14. The van der Waals surface area contributed by atoms with Gasteiger partial charge in [-0.05, 0) is 37.0 Å². The summed E-state index contributed by atoms with van der Waals surface area (Å²) in [6.07, 6.45) is 1.51. The number of nitrogens with one attached hydrogen (secondary N) is 1. The summed E-state index contributed by atoms with van der Waals surface area (Å²) >= 11 is 0. The summed E-state index contributed by atoms with van der Waals surface area (Å²) in [7, 11) is 0.